The lowest BCUT2D eigenvalue weighted by Crippen LogP contribution is -2.21. The van der Waals surface area contributed by atoms with Gasteiger partial charge in [0, 0.05) is 17.4 Å². The molecule has 34 heavy (non-hydrogen) atoms. The molecule has 2 N–H and O–H groups in total. The second-order valence-electron chi connectivity index (χ2n) is 7.32. The fourth-order valence-electron chi connectivity index (χ4n) is 3.19. The van der Waals surface area contributed by atoms with Crippen LogP contribution in [0.1, 0.15) is 17.0 Å². The van der Waals surface area contributed by atoms with Crippen molar-refractivity contribution in [2.24, 2.45) is 0 Å². The Morgan fingerprint density at radius 1 is 0.941 bits per heavy atom. The molecule has 0 aliphatic heterocycles. The summed E-state index contributed by atoms with van der Waals surface area (Å²) in [6.45, 7) is 3.80. The maximum Gasteiger partial charge on any atom is 0.418 e. The highest BCUT2D eigenvalue weighted by Gasteiger charge is 2.33. The predicted molar refractivity (Wildman–Crippen MR) is 119 cm³/mol. The van der Waals surface area contributed by atoms with Crippen LogP contribution in [0.5, 0.6) is 11.6 Å². The molecule has 0 saturated heterocycles. The number of alkyl halides is 3. The first kappa shape index (κ1) is 22.8. The molecule has 0 saturated carbocycles. The molecular weight excluding hydrogens is 449 g/mol. The SMILES string of the molecule is Cc1cc(C)n(-c2ccc(Oc3ccc(NC(=O)Nc4ccccc4C(F)(F)F)cc3)nn2)n1. The zero-order valence-electron chi connectivity index (χ0n) is 18.1. The monoisotopic (exact) mass is 468 g/mol. The molecular formula is C23H19F3N6O2. The molecule has 2 amide bonds. The number of urea groups is 1. The highest BCUT2D eigenvalue weighted by Crippen LogP contribution is 2.34. The summed E-state index contributed by atoms with van der Waals surface area (Å²) < 4.78 is 46.6. The van der Waals surface area contributed by atoms with Crippen LogP contribution in [0.3, 0.4) is 0 Å². The number of aryl methyl sites for hydroxylation is 2. The minimum atomic E-state index is -4.58. The van der Waals surface area contributed by atoms with Crippen LogP contribution in [0.15, 0.2) is 66.7 Å². The van der Waals surface area contributed by atoms with Crippen molar-refractivity contribution in [3.05, 3.63) is 83.7 Å². The van der Waals surface area contributed by atoms with Gasteiger partial charge < -0.3 is 15.4 Å². The minimum Gasteiger partial charge on any atom is -0.438 e. The van der Waals surface area contributed by atoms with Crippen LogP contribution < -0.4 is 15.4 Å². The lowest BCUT2D eigenvalue weighted by molar-refractivity contribution is -0.136. The number of ether oxygens (including phenoxy) is 1. The highest BCUT2D eigenvalue weighted by molar-refractivity contribution is 6.00. The first-order valence-corrected chi connectivity index (χ1v) is 10.1. The van der Waals surface area contributed by atoms with E-state index in [1.54, 1.807) is 41.1 Å². The van der Waals surface area contributed by atoms with E-state index < -0.39 is 17.8 Å². The van der Waals surface area contributed by atoms with Gasteiger partial charge in [0.15, 0.2) is 5.82 Å². The Labute approximate surface area is 192 Å². The van der Waals surface area contributed by atoms with Crippen LogP contribution in [-0.2, 0) is 6.18 Å². The van der Waals surface area contributed by atoms with Crippen molar-refractivity contribution in [1.82, 2.24) is 20.0 Å². The molecule has 0 atom stereocenters. The summed E-state index contributed by atoms with van der Waals surface area (Å²) in [6, 6.07) is 15.5. The molecule has 0 aliphatic carbocycles. The summed E-state index contributed by atoms with van der Waals surface area (Å²) in [5.41, 5.74) is 0.884. The van der Waals surface area contributed by atoms with Crippen molar-refractivity contribution >= 4 is 17.4 Å². The van der Waals surface area contributed by atoms with Crippen LogP contribution in [0, 0.1) is 13.8 Å². The average Bonchev–Trinajstić information content (AvgIpc) is 3.13. The number of para-hydroxylation sites is 1. The first-order chi connectivity index (χ1) is 16.2. The lowest BCUT2D eigenvalue weighted by Gasteiger charge is -2.14. The van der Waals surface area contributed by atoms with Gasteiger partial charge in [-0.15, -0.1) is 10.2 Å². The predicted octanol–water partition coefficient (Wildman–Crippen LogP) is 5.73. The number of hydrogen-bond donors (Lipinski definition) is 2. The smallest absolute Gasteiger partial charge is 0.418 e. The van der Waals surface area contributed by atoms with Gasteiger partial charge in [0.1, 0.15) is 5.75 Å². The third-order valence-corrected chi connectivity index (χ3v) is 4.67. The number of carbonyl (C=O) groups is 1. The molecule has 0 aliphatic rings. The standard InChI is InChI=1S/C23H19F3N6O2/c1-14-13-15(2)32(31-14)20-11-12-21(30-29-20)34-17-9-7-16(8-10-17)27-22(33)28-19-6-4-3-5-18(19)23(24,25)26/h3-13H,1-2H3,(H2,27,28,33). The lowest BCUT2D eigenvalue weighted by atomic mass is 10.1. The number of benzene rings is 2. The third-order valence-electron chi connectivity index (χ3n) is 4.67. The third kappa shape index (κ3) is 5.31. The van der Waals surface area contributed by atoms with Crippen molar-refractivity contribution in [3.8, 4) is 17.4 Å². The number of anilines is 2. The van der Waals surface area contributed by atoms with Crippen molar-refractivity contribution in [1.29, 1.82) is 0 Å². The van der Waals surface area contributed by atoms with Crippen molar-refractivity contribution in [2.45, 2.75) is 20.0 Å². The summed E-state index contributed by atoms with van der Waals surface area (Å²) in [5.74, 6) is 1.24. The molecule has 2 aromatic heterocycles. The normalized spacial score (nSPS) is 11.2. The topological polar surface area (TPSA) is 94.0 Å². The maximum absolute atomic E-state index is 13.1. The maximum atomic E-state index is 13.1. The number of rotatable bonds is 5. The Hall–Kier alpha value is -4.41. The Bertz CT molecular complexity index is 1300. The minimum absolute atomic E-state index is 0.257. The van der Waals surface area contributed by atoms with Gasteiger partial charge in [-0.1, -0.05) is 12.1 Å². The van der Waals surface area contributed by atoms with Gasteiger partial charge in [0.2, 0.25) is 5.88 Å². The van der Waals surface area contributed by atoms with Crippen LogP contribution in [0.2, 0.25) is 0 Å². The molecule has 0 radical (unpaired) electrons. The van der Waals surface area contributed by atoms with Gasteiger partial charge in [-0.2, -0.15) is 18.3 Å². The van der Waals surface area contributed by atoms with E-state index in [1.165, 1.54) is 18.2 Å². The molecule has 4 rings (SSSR count). The van der Waals surface area contributed by atoms with E-state index in [9.17, 15) is 18.0 Å². The van der Waals surface area contributed by atoms with E-state index in [0.717, 1.165) is 17.5 Å². The molecule has 0 fully saturated rings. The molecule has 0 spiro atoms. The quantitative estimate of drug-likeness (QED) is 0.390. The molecule has 11 heteroatoms. The number of aromatic nitrogens is 4. The van der Waals surface area contributed by atoms with Crippen molar-refractivity contribution in [3.63, 3.8) is 0 Å². The van der Waals surface area contributed by atoms with Gasteiger partial charge >= 0.3 is 12.2 Å². The first-order valence-electron chi connectivity index (χ1n) is 10.1. The molecule has 2 heterocycles. The summed E-state index contributed by atoms with van der Waals surface area (Å²) >= 11 is 0. The van der Waals surface area contributed by atoms with Crippen molar-refractivity contribution < 1.29 is 22.7 Å². The molecule has 8 nitrogen and oxygen atoms in total. The van der Waals surface area contributed by atoms with Gasteiger partial charge in [-0.05, 0) is 62.4 Å². The van der Waals surface area contributed by atoms with E-state index in [1.807, 2.05) is 19.9 Å². The molecule has 0 bridgehead atoms. The van der Waals surface area contributed by atoms with Gasteiger partial charge in [-0.25, -0.2) is 9.48 Å². The van der Waals surface area contributed by atoms with Crippen LogP contribution >= 0.6 is 0 Å². The van der Waals surface area contributed by atoms with Crippen LogP contribution in [0.25, 0.3) is 5.82 Å². The second-order valence-corrected chi connectivity index (χ2v) is 7.32. The van der Waals surface area contributed by atoms with Crippen LogP contribution in [0.4, 0.5) is 29.3 Å². The number of halogens is 3. The van der Waals surface area contributed by atoms with E-state index in [0.29, 0.717) is 17.3 Å². The van der Waals surface area contributed by atoms with Gasteiger partial charge in [0.25, 0.3) is 0 Å². The molecule has 4 aromatic rings. The van der Waals surface area contributed by atoms with E-state index in [4.69, 9.17) is 4.74 Å². The van der Waals surface area contributed by atoms with E-state index >= 15 is 0 Å². The van der Waals surface area contributed by atoms with Gasteiger partial charge in [-0.3, -0.25) is 0 Å². The number of nitrogens with one attached hydrogen (secondary N) is 2. The molecule has 0 unspecified atom stereocenters. The number of nitrogens with zero attached hydrogens (tertiary/aromatic N) is 4. The summed E-state index contributed by atoms with van der Waals surface area (Å²) in [7, 11) is 0. The van der Waals surface area contributed by atoms with E-state index in [-0.39, 0.29) is 11.6 Å². The largest absolute Gasteiger partial charge is 0.438 e. The van der Waals surface area contributed by atoms with Crippen molar-refractivity contribution in [2.75, 3.05) is 10.6 Å². The Balaban J connectivity index is 1.37. The number of hydrogen-bond acceptors (Lipinski definition) is 5. The molecule has 2 aromatic carbocycles. The Morgan fingerprint density at radius 2 is 1.68 bits per heavy atom. The zero-order valence-corrected chi connectivity index (χ0v) is 18.1. The zero-order chi connectivity index (χ0) is 24.3. The van der Waals surface area contributed by atoms with E-state index in [2.05, 4.69) is 25.9 Å². The number of amides is 2. The summed E-state index contributed by atoms with van der Waals surface area (Å²) in [4.78, 5) is 12.2. The highest BCUT2D eigenvalue weighted by atomic mass is 19.4. The fraction of sp³-hybridized carbons (Fsp3) is 0.130. The fourth-order valence-corrected chi connectivity index (χ4v) is 3.19. The van der Waals surface area contributed by atoms with Crippen LogP contribution in [-0.4, -0.2) is 26.0 Å². The number of carbonyl (C=O) groups excluding carboxylic acids is 1. The second kappa shape index (κ2) is 9.22. The Kier molecular flexibility index (Phi) is 6.17. The summed E-state index contributed by atoms with van der Waals surface area (Å²) in [6.07, 6.45) is -4.58. The summed E-state index contributed by atoms with van der Waals surface area (Å²) in [5, 5.41) is 17.2. The average molecular weight is 468 g/mol. The molecule has 174 valence electrons. The van der Waals surface area contributed by atoms with Gasteiger partial charge in [0.05, 0.1) is 16.9 Å². The Morgan fingerprint density at radius 3 is 2.29 bits per heavy atom.